The van der Waals surface area contributed by atoms with Gasteiger partial charge in [0.15, 0.2) is 0 Å². The highest BCUT2D eigenvalue weighted by Crippen LogP contribution is 2.20. The first-order valence-electron chi connectivity index (χ1n) is 7.08. The molecule has 2 amide bonds. The summed E-state index contributed by atoms with van der Waals surface area (Å²) >= 11 is 0. The lowest BCUT2D eigenvalue weighted by Crippen LogP contribution is -2.45. The molecule has 0 saturated carbocycles. The van der Waals surface area contributed by atoms with Gasteiger partial charge in [-0.2, -0.15) is 0 Å². The van der Waals surface area contributed by atoms with Crippen LogP contribution in [0.4, 0.5) is 10.5 Å². The highest BCUT2D eigenvalue weighted by Gasteiger charge is 2.27. The fourth-order valence-corrected chi connectivity index (χ4v) is 2.50. The topological polar surface area (TPSA) is 74.2 Å². The third kappa shape index (κ3) is 3.65. The minimum Gasteiger partial charge on any atom is -0.497 e. The lowest BCUT2D eigenvalue weighted by atomic mass is 9.93. The zero-order valence-corrected chi connectivity index (χ0v) is 12.4. The maximum atomic E-state index is 12.3. The largest absolute Gasteiger partial charge is 0.497 e. The number of nitrogens with zero attached hydrogens (tertiary/aromatic N) is 2. The first-order chi connectivity index (χ1) is 10.2. The summed E-state index contributed by atoms with van der Waals surface area (Å²) in [6.45, 7) is 3.16. The Labute approximate surface area is 124 Å². The van der Waals surface area contributed by atoms with Gasteiger partial charge in [0.05, 0.1) is 12.8 Å². The average Bonchev–Trinajstić information content (AvgIpc) is 2.54. The van der Waals surface area contributed by atoms with E-state index >= 15 is 0 Å². The molecule has 21 heavy (non-hydrogen) atoms. The number of piperidine rings is 1. The zero-order chi connectivity index (χ0) is 15.2. The number of oxime groups is 1. The smallest absolute Gasteiger partial charge is 0.321 e. The molecule has 1 atom stereocenters. The lowest BCUT2D eigenvalue weighted by Gasteiger charge is -2.32. The fourth-order valence-electron chi connectivity index (χ4n) is 2.50. The van der Waals surface area contributed by atoms with Crippen molar-refractivity contribution in [1.29, 1.82) is 0 Å². The minimum absolute atomic E-state index is 0.125. The Balaban J connectivity index is 2.00. The van der Waals surface area contributed by atoms with E-state index in [9.17, 15) is 4.79 Å². The van der Waals surface area contributed by atoms with Gasteiger partial charge < -0.3 is 20.2 Å². The summed E-state index contributed by atoms with van der Waals surface area (Å²) in [5.74, 6) is 0.826. The molecule has 1 saturated heterocycles. The van der Waals surface area contributed by atoms with Crippen LogP contribution in [-0.4, -0.2) is 42.0 Å². The molecule has 0 aromatic heterocycles. The Morgan fingerprint density at radius 1 is 1.57 bits per heavy atom. The van der Waals surface area contributed by atoms with Gasteiger partial charge in [0, 0.05) is 37.2 Å². The van der Waals surface area contributed by atoms with Gasteiger partial charge in [0.25, 0.3) is 0 Å². The number of anilines is 1. The van der Waals surface area contributed by atoms with E-state index < -0.39 is 0 Å². The maximum absolute atomic E-state index is 12.3. The van der Waals surface area contributed by atoms with Crippen molar-refractivity contribution in [3.63, 3.8) is 0 Å². The van der Waals surface area contributed by atoms with E-state index in [-0.39, 0.29) is 11.9 Å². The summed E-state index contributed by atoms with van der Waals surface area (Å²) in [6, 6.07) is 7.12. The Hall–Kier alpha value is -2.24. The number of nitrogens with one attached hydrogen (secondary N) is 1. The molecule has 1 aliphatic heterocycles. The number of methoxy groups -OCH3 is 1. The summed E-state index contributed by atoms with van der Waals surface area (Å²) in [6.07, 6.45) is 1.46. The van der Waals surface area contributed by atoms with Crippen LogP contribution in [0.1, 0.15) is 19.8 Å². The molecular formula is C15H21N3O3. The van der Waals surface area contributed by atoms with Gasteiger partial charge in [-0.25, -0.2) is 4.79 Å². The summed E-state index contributed by atoms with van der Waals surface area (Å²) in [4.78, 5) is 14.0. The van der Waals surface area contributed by atoms with Crippen molar-refractivity contribution in [3.8, 4) is 5.75 Å². The lowest BCUT2D eigenvalue weighted by molar-refractivity contribution is 0.200. The van der Waals surface area contributed by atoms with Crippen LogP contribution in [0.3, 0.4) is 0 Å². The molecule has 6 heteroatoms. The Kier molecular flexibility index (Phi) is 5.03. The van der Waals surface area contributed by atoms with Gasteiger partial charge in [0.1, 0.15) is 5.75 Å². The third-order valence-corrected chi connectivity index (χ3v) is 3.78. The fraction of sp³-hybridized carbons (Fsp3) is 0.467. The SMILES string of the molecule is CCC1CN(C(=O)Nc2cccc(OC)c2)CC/C1=N\O. The number of rotatable bonds is 3. The second-order valence-corrected chi connectivity index (χ2v) is 5.05. The van der Waals surface area contributed by atoms with Crippen LogP contribution < -0.4 is 10.1 Å². The van der Waals surface area contributed by atoms with E-state index in [2.05, 4.69) is 10.5 Å². The number of hydrogen-bond acceptors (Lipinski definition) is 4. The van der Waals surface area contributed by atoms with Gasteiger partial charge in [-0.1, -0.05) is 18.1 Å². The van der Waals surface area contributed by atoms with Crippen molar-refractivity contribution in [2.24, 2.45) is 11.1 Å². The highest BCUT2D eigenvalue weighted by molar-refractivity contribution is 5.93. The summed E-state index contributed by atoms with van der Waals surface area (Å²) in [7, 11) is 1.59. The van der Waals surface area contributed by atoms with Crippen LogP contribution in [0.5, 0.6) is 5.75 Å². The molecule has 1 aromatic rings. The number of benzene rings is 1. The van der Waals surface area contributed by atoms with Gasteiger partial charge in [-0.15, -0.1) is 0 Å². The first kappa shape index (κ1) is 15.2. The van der Waals surface area contributed by atoms with E-state index in [1.165, 1.54) is 0 Å². The number of likely N-dealkylation sites (tertiary alicyclic amines) is 1. The number of urea groups is 1. The van der Waals surface area contributed by atoms with Crippen LogP contribution in [0.25, 0.3) is 0 Å². The number of carbonyl (C=O) groups is 1. The molecule has 0 radical (unpaired) electrons. The Morgan fingerprint density at radius 2 is 2.38 bits per heavy atom. The van der Waals surface area contributed by atoms with Crippen LogP contribution >= 0.6 is 0 Å². The predicted molar refractivity (Wildman–Crippen MR) is 81.2 cm³/mol. The van der Waals surface area contributed by atoms with Crippen molar-refractivity contribution in [2.45, 2.75) is 19.8 Å². The van der Waals surface area contributed by atoms with Gasteiger partial charge in [-0.05, 0) is 18.6 Å². The number of carbonyl (C=O) groups excluding carboxylic acids is 1. The Morgan fingerprint density at radius 3 is 3.05 bits per heavy atom. The van der Waals surface area contributed by atoms with Crippen molar-refractivity contribution in [1.82, 2.24) is 4.90 Å². The van der Waals surface area contributed by atoms with Crippen molar-refractivity contribution in [3.05, 3.63) is 24.3 Å². The normalized spacial score (nSPS) is 20.4. The van der Waals surface area contributed by atoms with E-state index in [1.807, 2.05) is 25.1 Å². The van der Waals surface area contributed by atoms with Crippen molar-refractivity contribution < 1.29 is 14.7 Å². The number of hydrogen-bond donors (Lipinski definition) is 2. The molecule has 1 aliphatic rings. The van der Waals surface area contributed by atoms with E-state index in [0.29, 0.717) is 30.9 Å². The second-order valence-electron chi connectivity index (χ2n) is 5.05. The van der Waals surface area contributed by atoms with E-state index in [1.54, 1.807) is 18.1 Å². The second kappa shape index (κ2) is 6.97. The van der Waals surface area contributed by atoms with Gasteiger partial charge >= 0.3 is 6.03 Å². The summed E-state index contributed by atoms with van der Waals surface area (Å²) in [5.41, 5.74) is 1.48. The molecule has 0 aliphatic carbocycles. The molecule has 114 valence electrons. The van der Waals surface area contributed by atoms with Crippen LogP contribution in [-0.2, 0) is 0 Å². The maximum Gasteiger partial charge on any atom is 0.321 e. The monoisotopic (exact) mass is 291 g/mol. The van der Waals surface area contributed by atoms with Crippen LogP contribution in [0.15, 0.2) is 29.4 Å². The van der Waals surface area contributed by atoms with Gasteiger partial charge in [-0.3, -0.25) is 0 Å². The molecular weight excluding hydrogens is 270 g/mol. The molecule has 6 nitrogen and oxygen atoms in total. The summed E-state index contributed by atoms with van der Waals surface area (Å²) < 4.78 is 5.14. The number of ether oxygens (including phenoxy) is 1. The molecule has 1 heterocycles. The minimum atomic E-state index is -0.140. The predicted octanol–water partition coefficient (Wildman–Crippen LogP) is 2.79. The average molecular weight is 291 g/mol. The van der Waals surface area contributed by atoms with Crippen LogP contribution in [0.2, 0.25) is 0 Å². The molecule has 1 fully saturated rings. The van der Waals surface area contributed by atoms with E-state index in [0.717, 1.165) is 12.1 Å². The van der Waals surface area contributed by atoms with E-state index in [4.69, 9.17) is 9.94 Å². The number of amides is 2. The van der Waals surface area contributed by atoms with Crippen molar-refractivity contribution in [2.75, 3.05) is 25.5 Å². The van der Waals surface area contributed by atoms with Crippen molar-refractivity contribution >= 4 is 17.4 Å². The van der Waals surface area contributed by atoms with Crippen LogP contribution in [0, 0.1) is 5.92 Å². The quantitative estimate of drug-likeness (QED) is 0.664. The molecule has 2 rings (SSSR count). The summed E-state index contributed by atoms with van der Waals surface area (Å²) in [5, 5.41) is 15.2. The molecule has 1 unspecified atom stereocenters. The first-order valence-corrected chi connectivity index (χ1v) is 7.08. The molecule has 0 spiro atoms. The molecule has 2 N–H and O–H groups in total. The molecule has 1 aromatic carbocycles. The zero-order valence-electron chi connectivity index (χ0n) is 12.4. The third-order valence-electron chi connectivity index (χ3n) is 3.78. The highest BCUT2D eigenvalue weighted by atomic mass is 16.5. The Bertz CT molecular complexity index is 531. The standard InChI is InChI=1S/C15H21N3O3/c1-3-11-10-18(8-7-14(11)17-20)15(19)16-12-5-4-6-13(9-12)21-2/h4-6,9,11,20H,3,7-8,10H2,1-2H3,(H,16,19)/b17-14+. The molecule has 0 bridgehead atoms. The van der Waals surface area contributed by atoms with Gasteiger partial charge in [0.2, 0.25) is 0 Å².